The average molecular weight is 227 g/mol. The van der Waals surface area contributed by atoms with Crippen molar-refractivity contribution in [3.05, 3.63) is 37.9 Å². The zero-order chi connectivity index (χ0) is 11.0. The molecule has 0 saturated heterocycles. The Morgan fingerprint density at radius 2 is 1.67 bits per heavy atom. The summed E-state index contributed by atoms with van der Waals surface area (Å²) >= 11 is 5.82. The molecular formula is C8H7ClN4O2. The second-order valence-electron chi connectivity index (χ2n) is 2.93. The molecule has 6 nitrogen and oxygen atoms in total. The molecule has 0 atom stereocenters. The summed E-state index contributed by atoms with van der Waals surface area (Å²) in [5.74, 6) is 5.20. The molecule has 7 heteroatoms. The fourth-order valence-electron chi connectivity index (χ4n) is 1.31. The molecule has 0 bridgehead atoms. The second-order valence-corrected chi connectivity index (χ2v) is 3.34. The number of hydrogen-bond donors (Lipinski definition) is 4. The fourth-order valence-corrected chi connectivity index (χ4v) is 1.53. The minimum atomic E-state index is -0.407. The van der Waals surface area contributed by atoms with Gasteiger partial charge in [0.2, 0.25) is 0 Å². The van der Waals surface area contributed by atoms with Gasteiger partial charge in [-0.25, -0.2) is 0 Å². The molecule has 0 aliphatic carbocycles. The van der Waals surface area contributed by atoms with Crippen molar-refractivity contribution in [2.45, 2.75) is 0 Å². The molecule has 0 amide bonds. The number of fused-ring (bicyclic) bond motifs is 1. The predicted molar refractivity (Wildman–Crippen MR) is 58.0 cm³/mol. The van der Waals surface area contributed by atoms with Gasteiger partial charge < -0.3 is 5.43 Å². The smallest absolute Gasteiger partial charge is 0.270 e. The Bertz CT molecular complexity index is 631. The molecule has 15 heavy (non-hydrogen) atoms. The van der Waals surface area contributed by atoms with Crippen LogP contribution in [0.3, 0.4) is 0 Å². The third kappa shape index (κ3) is 1.49. The van der Waals surface area contributed by atoms with Gasteiger partial charge in [0.25, 0.3) is 11.1 Å². The van der Waals surface area contributed by atoms with Crippen molar-refractivity contribution in [3.8, 4) is 0 Å². The van der Waals surface area contributed by atoms with Crippen LogP contribution in [-0.2, 0) is 0 Å². The van der Waals surface area contributed by atoms with Crippen molar-refractivity contribution < 1.29 is 0 Å². The summed E-state index contributed by atoms with van der Waals surface area (Å²) in [6.45, 7) is 0. The van der Waals surface area contributed by atoms with E-state index in [-0.39, 0.29) is 15.8 Å². The number of benzene rings is 1. The molecule has 0 aliphatic rings. The van der Waals surface area contributed by atoms with Gasteiger partial charge in [0.15, 0.2) is 0 Å². The number of aromatic amines is 2. The predicted octanol–water partition coefficient (Wildman–Crippen LogP) is 0.155. The molecule has 0 unspecified atom stereocenters. The van der Waals surface area contributed by atoms with Crippen molar-refractivity contribution in [2.75, 3.05) is 5.43 Å². The molecular weight excluding hydrogens is 220 g/mol. The van der Waals surface area contributed by atoms with Gasteiger partial charge in [0, 0.05) is 0 Å². The second kappa shape index (κ2) is 3.41. The van der Waals surface area contributed by atoms with Gasteiger partial charge in [-0.1, -0.05) is 11.6 Å². The van der Waals surface area contributed by atoms with E-state index < -0.39 is 11.1 Å². The summed E-state index contributed by atoms with van der Waals surface area (Å²) in [4.78, 5) is 22.7. The maximum atomic E-state index is 11.4. The number of anilines is 1. The Morgan fingerprint density at radius 3 is 2.20 bits per heavy atom. The van der Waals surface area contributed by atoms with E-state index in [1.54, 1.807) is 0 Å². The molecule has 1 heterocycles. The number of hydrogen-bond acceptors (Lipinski definition) is 4. The Kier molecular flexibility index (Phi) is 2.22. The average Bonchev–Trinajstić information content (AvgIpc) is 2.23. The number of halogens is 1. The first kappa shape index (κ1) is 9.75. The summed E-state index contributed by atoms with van der Waals surface area (Å²) in [6.07, 6.45) is 0. The lowest BCUT2D eigenvalue weighted by molar-refractivity contribution is 0.976. The van der Waals surface area contributed by atoms with Crippen LogP contribution in [0.1, 0.15) is 0 Å². The third-order valence-electron chi connectivity index (χ3n) is 2.04. The van der Waals surface area contributed by atoms with Gasteiger partial charge in [-0.3, -0.25) is 25.6 Å². The Balaban J connectivity index is 2.99. The molecule has 78 valence electrons. The lowest BCUT2D eigenvalue weighted by Gasteiger charge is -2.03. The van der Waals surface area contributed by atoms with Gasteiger partial charge >= 0.3 is 0 Å². The molecule has 1 aromatic carbocycles. The molecule has 0 fully saturated rings. The lowest BCUT2D eigenvalue weighted by atomic mass is 10.2. The van der Waals surface area contributed by atoms with Crippen molar-refractivity contribution in [2.24, 2.45) is 5.84 Å². The van der Waals surface area contributed by atoms with Crippen LogP contribution in [0.15, 0.2) is 21.7 Å². The van der Waals surface area contributed by atoms with Gasteiger partial charge in [0.05, 0.1) is 21.5 Å². The lowest BCUT2D eigenvalue weighted by Crippen LogP contribution is -2.19. The first-order valence-electron chi connectivity index (χ1n) is 4.04. The van der Waals surface area contributed by atoms with Crippen molar-refractivity contribution in [1.29, 1.82) is 0 Å². The number of nitrogens with two attached hydrogens (primary N) is 1. The van der Waals surface area contributed by atoms with E-state index in [1.165, 1.54) is 12.1 Å². The van der Waals surface area contributed by atoms with Crippen LogP contribution >= 0.6 is 11.6 Å². The van der Waals surface area contributed by atoms with Crippen LogP contribution in [0.5, 0.6) is 0 Å². The van der Waals surface area contributed by atoms with Crippen LogP contribution in [0.25, 0.3) is 10.8 Å². The van der Waals surface area contributed by atoms with Crippen LogP contribution in [0, 0.1) is 0 Å². The van der Waals surface area contributed by atoms with E-state index in [4.69, 9.17) is 17.4 Å². The zero-order valence-electron chi connectivity index (χ0n) is 7.43. The van der Waals surface area contributed by atoms with E-state index in [1.807, 2.05) is 0 Å². The van der Waals surface area contributed by atoms with E-state index in [0.29, 0.717) is 5.69 Å². The maximum absolute atomic E-state index is 11.4. The molecule has 0 spiro atoms. The molecule has 0 radical (unpaired) electrons. The number of rotatable bonds is 1. The first-order valence-corrected chi connectivity index (χ1v) is 4.42. The monoisotopic (exact) mass is 226 g/mol. The highest BCUT2D eigenvalue weighted by Crippen LogP contribution is 2.23. The maximum Gasteiger partial charge on any atom is 0.270 e. The number of hydrazine groups is 1. The minimum Gasteiger partial charge on any atom is -0.323 e. The Hall–Kier alpha value is -1.79. The van der Waals surface area contributed by atoms with E-state index in [0.717, 1.165) is 0 Å². The van der Waals surface area contributed by atoms with Crippen LogP contribution < -0.4 is 22.4 Å². The molecule has 2 rings (SSSR count). The van der Waals surface area contributed by atoms with Gasteiger partial charge in [-0.05, 0) is 12.1 Å². The van der Waals surface area contributed by atoms with Gasteiger partial charge in [0.1, 0.15) is 0 Å². The van der Waals surface area contributed by atoms with Crippen molar-refractivity contribution in [1.82, 2.24) is 10.2 Å². The molecule has 5 N–H and O–H groups in total. The SMILES string of the molecule is NNc1cc2c(=O)[nH][nH]c(=O)c2cc1Cl. The van der Waals surface area contributed by atoms with Crippen LogP contribution in [0.4, 0.5) is 5.69 Å². The summed E-state index contributed by atoms with van der Waals surface area (Å²) in [5.41, 5.74) is 1.91. The van der Waals surface area contributed by atoms with E-state index >= 15 is 0 Å². The third-order valence-corrected chi connectivity index (χ3v) is 2.35. The molecule has 0 saturated carbocycles. The van der Waals surface area contributed by atoms with Crippen LogP contribution in [-0.4, -0.2) is 10.2 Å². The first-order chi connectivity index (χ1) is 7.13. The summed E-state index contributed by atoms with van der Waals surface area (Å²) in [6, 6.07) is 2.81. The Labute approximate surface area is 88.0 Å². The minimum absolute atomic E-state index is 0.225. The quantitative estimate of drug-likeness (QED) is 0.411. The normalized spacial score (nSPS) is 10.5. The Morgan fingerprint density at radius 1 is 1.13 bits per heavy atom. The van der Waals surface area contributed by atoms with E-state index in [9.17, 15) is 9.59 Å². The fraction of sp³-hybridized carbons (Fsp3) is 0. The largest absolute Gasteiger partial charge is 0.323 e. The molecule has 1 aromatic heterocycles. The molecule has 2 aromatic rings. The highest BCUT2D eigenvalue weighted by Gasteiger charge is 2.07. The standard InChI is InChI=1S/C8H7ClN4O2/c9-5-1-3-4(2-6(5)11-10)8(15)13-12-7(3)14/h1-2,11H,10H2,(H,12,14)(H,13,15). The van der Waals surface area contributed by atoms with Gasteiger partial charge in [-0.2, -0.15) is 0 Å². The topological polar surface area (TPSA) is 104 Å². The number of H-pyrrole nitrogens is 2. The number of aromatic nitrogens is 2. The van der Waals surface area contributed by atoms with E-state index in [2.05, 4.69) is 15.6 Å². The number of nitrogen functional groups attached to an aromatic ring is 1. The summed E-state index contributed by atoms with van der Waals surface area (Å²) in [7, 11) is 0. The zero-order valence-corrected chi connectivity index (χ0v) is 8.18. The van der Waals surface area contributed by atoms with Crippen molar-refractivity contribution in [3.63, 3.8) is 0 Å². The van der Waals surface area contributed by atoms with Crippen LogP contribution in [0.2, 0.25) is 5.02 Å². The van der Waals surface area contributed by atoms with Crippen molar-refractivity contribution >= 4 is 28.1 Å². The number of nitrogens with one attached hydrogen (secondary N) is 3. The highest BCUT2D eigenvalue weighted by molar-refractivity contribution is 6.34. The van der Waals surface area contributed by atoms with Gasteiger partial charge in [-0.15, -0.1) is 0 Å². The highest BCUT2D eigenvalue weighted by atomic mass is 35.5. The summed E-state index contributed by atoms with van der Waals surface area (Å²) < 4.78 is 0. The molecule has 0 aliphatic heterocycles. The summed E-state index contributed by atoms with van der Waals surface area (Å²) in [5, 5.41) is 5.15.